The van der Waals surface area contributed by atoms with Crippen molar-refractivity contribution in [2.45, 2.75) is 167 Å². The van der Waals surface area contributed by atoms with Crippen molar-refractivity contribution in [3.05, 3.63) is 425 Å². The van der Waals surface area contributed by atoms with Gasteiger partial charge in [-0.1, -0.05) is 181 Å². The summed E-state index contributed by atoms with van der Waals surface area (Å²) in [4.78, 5) is 34.8. The van der Waals surface area contributed by atoms with Gasteiger partial charge in [0.2, 0.25) is 0 Å². The smallest absolute Gasteiger partial charge is 0.0795 e. The largest absolute Gasteiger partial charge is 0.305 e. The van der Waals surface area contributed by atoms with Crippen molar-refractivity contribution in [3.8, 4) is 101 Å². The van der Waals surface area contributed by atoms with Crippen LogP contribution in [0, 0.1) is 54.4 Å². The van der Waals surface area contributed by atoms with E-state index in [9.17, 15) is 0 Å². The number of pyridine rings is 8. The van der Waals surface area contributed by atoms with Crippen molar-refractivity contribution in [2.24, 2.45) is 5.92 Å². The van der Waals surface area contributed by atoms with E-state index in [1.807, 2.05) is 158 Å². The first-order chi connectivity index (χ1) is 85.4. The molecule has 0 bridgehead atoms. The van der Waals surface area contributed by atoms with Crippen LogP contribution in [-0.2, 0) is 86.8 Å². The van der Waals surface area contributed by atoms with Crippen LogP contribution in [-0.4, -0.2) is 125 Å². The van der Waals surface area contributed by atoms with Gasteiger partial charge in [-0.25, -0.2) is 0 Å². The van der Waals surface area contributed by atoms with E-state index in [4.69, 9.17) is 59.2 Å². The molecule has 0 spiro atoms. The number of nitrogens with zero attached hydrogens (tertiary/aromatic N) is 8. The summed E-state index contributed by atoms with van der Waals surface area (Å²) in [5.41, 5.74) is 3.95. The summed E-state index contributed by atoms with van der Waals surface area (Å²) in [7, 11) is -10.4. The number of aromatic nitrogens is 8. The minimum absolute atomic E-state index is 0. The van der Waals surface area contributed by atoms with Crippen LogP contribution in [0.25, 0.3) is 123 Å². The summed E-state index contributed by atoms with van der Waals surface area (Å²) in [6.07, 6.45) is 13.9. The third-order valence-corrected chi connectivity index (χ3v) is 44.1. The molecule has 0 aliphatic carbocycles. The van der Waals surface area contributed by atoms with Gasteiger partial charge in [0.25, 0.3) is 0 Å². The summed E-state index contributed by atoms with van der Waals surface area (Å²) in [5.74, 6) is 17.2. The van der Waals surface area contributed by atoms with Crippen molar-refractivity contribution < 1.29 is 140 Å². The molecule has 776 valence electrons. The van der Waals surface area contributed by atoms with Crippen molar-refractivity contribution in [2.75, 3.05) is 0 Å². The number of hydrogen-bond acceptors (Lipinski definition) is 9. The van der Waals surface area contributed by atoms with Crippen LogP contribution in [0.4, 0.5) is 0 Å². The fourth-order valence-electron chi connectivity index (χ4n) is 14.1. The Kier molecular flexibility index (Phi) is 29.9. The van der Waals surface area contributed by atoms with E-state index in [1.54, 1.807) is 91.3 Å². The molecule has 0 amide bonds. The van der Waals surface area contributed by atoms with Gasteiger partial charge in [0.15, 0.2) is 0 Å². The molecule has 0 atom stereocenters. The monoisotopic (exact) mass is 3030 g/mol. The number of rotatable bonds is 19. The maximum Gasteiger partial charge on any atom is 0.0795 e. The fraction of sp³-hybridized carbons (Fsp3) is 0.219. The summed E-state index contributed by atoms with van der Waals surface area (Å²) >= 11 is -12.7. The Morgan fingerprint density at radius 1 is 0.295 bits per heavy atom. The zero-order chi connectivity index (χ0) is 138. The molecular weight excluding hydrogens is 2840 g/mol. The molecule has 0 saturated carbocycles. The molecule has 4 radical (unpaired) electrons. The van der Waals surface area contributed by atoms with Crippen molar-refractivity contribution >= 4 is 146 Å². The molecule has 9 aromatic heterocycles. The molecule has 149 heavy (non-hydrogen) atoms. The summed E-state index contributed by atoms with van der Waals surface area (Å²) in [6.45, 7) is 10.2. The number of furan rings is 1. The van der Waals surface area contributed by atoms with Crippen LogP contribution in [0.3, 0.4) is 0 Å². The third-order valence-electron chi connectivity index (χ3n) is 22.4. The third kappa shape index (κ3) is 38.5. The van der Waals surface area contributed by atoms with E-state index < -0.39 is 134 Å². The normalized spacial score (nSPS) is 15.9. The molecule has 9 heterocycles. The predicted molar refractivity (Wildman–Crippen MR) is 643 cm³/mol. The van der Waals surface area contributed by atoms with Gasteiger partial charge in [-0.2, -0.15) is 0 Å². The van der Waals surface area contributed by atoms with E-state index in [2.05, 4.69) is 176 Å². The topological polar surface area (TPSA) is 116 Å². The van der Waals surface area contributed by atoms with E-state index in [0.717, 1.165) is 61.7 Å². The second-order valence-corrected chi connectivity index (χ2v) is 88.4. The maximum atomic E-state index is 8.11. The molecule has 21 heteroatoms. The van der Waals surface area contributed by atoms with Crippen molar-refractivity contribution in [3.63, 3.8) is 0 Å². The zero-order valence-corrected chi connectivity index (χ0v) is 108. The number of hydrogen-bond donors (Lipinski definition) is 0. The van der Waals surface area contributed by atoms with Crippen LogP contribution in [0.5, 0.6) is 0 Å². The molecule has 0 saturated heterocycles. The molecule has 0 unspecified atom stereocenters. The Morgan fingerprint density at radius 3 is 1.01 bits per heavy atom. The Balaban J connectivity index is 0.000000258. The minimum atomic E-state index is -4.34. The number of fused-ring (bicyclic) bond motifs is 3. The van der Waals surface area contributed by atoms with Gasteiger partial charge in [0.1, 0.15) is 5.58 Å². The van der Waals surface area contributed by atoms with E-state index >= 15 is 0 Å². The van der Waals surface area contributed by atoms with Crippen LogP contribution >= 0.6 is 0 Å². The van der Waals surface area contributed by atoms with Crippen LogP contribution in [0.1, 0.15) is 74.2 Å². The average molecular weight is 3020 g/mol. The summed E-state index contributed by atoms with van der Waals surface area (Å²) < 4.78 is 319. The van der Waals surface area contributed by atoms with Gasteiger partial charge in [0.05, 0.1) is 37.9 Å². The quantitative estimate of drug-likeness (QED) is 0.0576. The molecule has 0 fully saturated rings. The van der Waals surface area contributed by atoms with Crippen molar-refractivity contribution in [1.82, 2.24) is 39.9 Å². The molecule has 19 rings (SSSR count). The zero-order valence-electron chi connectivity index (χ0n) is 126. The summed E-state index contributed by atoms with van der Waals surface area (Å²) in [6, 6.07) is 88.2. The van der Waals surface area contributed by atoms with Crippen LogP contribution in [0.15, 0.2) is 375 Å². The molecule has 10 aromatic carbocycles. The standard InChI is InChI=1S/C20H18NOSi.C20H20NSi.C18H24GeN.3C14H16GeN.2C14H16NSi.4Ir/c1-23(2,3)15-9-10-18(21-13-15)14-8-11-20-17(12-14)16-6-4-5-7-19(16)22-20;1-22(2,3)19-12-13-20(21-15-19)18-11-7-10-17(14-18)16-8-5-4-6-9-16;1-14(2)11-16-12-18(15-9-7-6-8-10-15)20-13-17(16)19(3,4)5;3*1-15(2,3)13-9-10-14(16-11-13)12-7-5-4-6-8-12;2*1-16(2,3)13-9-10-14(15-11-13)12-7-5-4-6-8-12;;;;/h4-7,9-13H,1-3H3;4-10,12-15H,1-3H3;6-9,12-14H,11H2,1-5H3;5*4-7,9-11H,1-3H3;;;;/q8*-1;;;;/i2*1D3,2D3;6D,7D,8D,9D;4D,5D,6D,7D;2*1D3,2D3;2*4D,5D,6D,7D;;;;. The van der Waals surface area contributed by atoms with Crippen LogP contribution in [0.2, 0.25) is 147 Å². The van der Waals surface area contributed by atoms with Crippen molar-refractivity contribution in [1.29, 1.82) is 0 Å². The van der Waals surface area contributed by atoms with E-state index in [0.29, 0.717) is 87.7 Å². The van der Waals surface area contributed by atoms with Gasteiger partial charge in [-0.3, -0.25) is 0 Å². The molecule has 0 aliphatic rings. The molecule has 19 aromatic rings. The Hall–Kier alpha value is -9.16. The van der Waals surface area contributed by atoms with E-state index in [-0.39, 0.29) is 182 Å². The second kappa shape index (κ2) is 57.7. The van der Waals surface area contributed by atoms with Gasteiger partial charge < -0.3 is 24.4 Å². The Bertz CT molecular complexity index is 8880. The predicted octanol–water partition coefficient (Wildman–Crippen LogP) is 29.5. The number of para-hydroxylation sites is 1. The molecular formula is C128H142Ge4Ir4N8OSi4-8. The second-order valence-electron chi connectivity index (χ2n) is 39.5. The average Bonchev–Trinajstić information content (AvgIpc) is 1.35. The van der Waals surface area contributed by atoms with Gasteiger partial charge in [-0.05, 0) is 60.6 Å². The first kappa shape index (κ1) is 77.2. The first-order valence-corrected chi connectivity index (χ1v) is 84.2. The fourth-order valence-corrected chi connectivity index (χ4v) is 26.3. The van der Waals surface area contributed by atoms with Crippen LogP contribution < -0.4 is 38.3 Å². The minimum Gasteiger partial charge on any atom is -0.305 e. The number of benzene rings is 10. The molecule has 9 nitrogen and oxygen atoms in total. The SMILES string of the molecule is [2H]C([2H])([2H])[Si](C)(c1ccc(-c2[c-]cc3oc4ccccc4c3c2)nc1)C([2H])([2H])[2H].[2H]C([2H])([2H])[Si](C)(c1ccc(-c2[c-]ccc(-c3ccccc3)c2)nc1)C([2H])([2H])[2H].[2H][C]([2H])([2H])[Ge]([CH3])([c]1ccc(-c2[c-]cccc2)nc1)[C]([2H])([2H])[2H].[2H][C]([2H])([2H])[Ge]([CH3])([c]1ccc(-c2[c-]cccc2)nc1)[C]([2H])([2H])[2H].[2H]c1[c-]c(-c2cc(CC(C)C)[c]([Ge]([CH3])([CH3])[CH3])cn2)c([2H])c([2H])c1[2H].[2H]c1[c-]c(-c2cc[c]([Ge]([CH3])([CH3])[CH3])cn2)c([2H])c([2H])c1[2H].[2H]c1[c-]c(-c2ccc([Si](C)(C)C)cn2)c([2H])c([2H])c1[2H].[2H]c1[c-]c(-c2ccc([Si](C)(C)C)cn2)c([2H])c([2H])c1[2H].[Ir].[Ir].[Ir].[Ir]. The van der Waals surface area contributed by atoms with Gasteiger partial charge in [0, 0.05) is 133 Å². The Morgan fingerprint density at radius 2 is 0.651 bits per heavy atom. The molecule has 0 N–H and O–H groups in total. The van der Waals surface area contributed by atoms with Gasteiger partial charge in [-0.15, -0.1) is 131 Å². The van der Waals surface area contributed by atoms with E-state index in [1.165, 1.54) is 74.1 Å². The molecule has 0 aliphatic heterocycles. The maximum absolute atomic E-state index is 8.11. The Labute approximate surface area is 1020 Å². The van der Waals surface area contributed by atoms with Gasteiger partial charge >= 0.3 is 452 Å². The first-order valence-electron chi connectivity index (χ1n) is 67.0. The summed E-state index contributed by atoms with van der Waals surface area (Å²) in [5, 5.41) is 4.93.